The molecule has 1 amide bonds. The number of amides is 1. The summed E-state index contributed by atoms with van der Waals surface area (Å²) in [6.45, 7) is 2.48. The van der Waals surface area contributed by atoms with Gasteiger partial charge in [-0.2, -0.15) is 0 Å². The highest BCUT2D eigenvalue weighted by molar-refractivity contribution is 7.92. The third-order valence-electron chi connectivity index (χ3n) is 4.05. The molecule has 0 spiro atoms. The second-order valence-electron chi connectivity index (χ2n) is 5.54. The van der Waals surface area contributed by atoms with Crippen LogP contribution in [0.4, 0.5) is 0 Å². The predicted molar refractivity (Wildman–Crippen MR) is 77.9 cm³/mol. The molecule has 2 heterocycles. The summed E-state index contributed by atoms with van der Waals surface area (Å²) < 4.78 is 24.0. The van der Waals surface area contributed by atoms with E-state index >= 15 is 0 Å². The minimum Gasteiger partial charge on any atom is -0.409 e. The van der Waals surface area contributed by atoms with Crippen LogP contribution in [0.2, 0.25) is 0 Å². The van der Waals surface area contributed by atoms with E-state index in [-0.39, 0.29) is 17.5 Å². The van der Waals surface area contributed by atoms with Crippen molar-refractivity contribution in [3.8, 4) is 0 Å². The minimum absolute atomic E-state index is 0.118. The molecule has 21 heavy (non-hydrogen) atoms. The molecule has 2 fully saturated rings. The van der Waals surface area contributed by atoms with Crippen molar-refractivity contribution in [3.05, 3.63) is 0 Å². The summed E-state index contributed by atoms with van der Waals surface area (Å²) in [4.78, 5) is 16.0. The van der Waals surface area contributed by atoms with Crippen molar-refractivity contribution in [1.82, 2.24) is 9.80 Å². The Hall–Kier alpha value is -1.35. The smallest absolute Gasteiger partial charge is 0.240 e. The number of oxime groups is 1. The van der Waals surface area contributed by atoms with Crippen LogP contribution < -0.4 is 5.73 Å². The van der Waals surface area contributed by atoms with Crippen molar-refractivity contribution in [2.75, 3.05) is 38.5 Å². The topological polar surface area (TPSA) is 116 Å². The van der Waals surface area contributed by atoms with Gasteiger partial charge in [0, 0.05) is 26.2 Å². The molecule has 1 atom stereocenters. The van der Waals surface area contributed by atoms with Crippen LogP contribution in [0.1, 0.15) is 19.3 Å². The molecule has 2 rings (SSSR count). The molecule has 0 aromatic rings. The largest absolute Gasteiger partial charge is 0.409 e. The van der Waals surface area contributed by atoms with Gasteiger partial charge in [-0.3, -0.25) is 9.69 Å². The first-order valence-electron chi connectivity index (χ1n) is 7.13. The van der Waals surface area contributed by atoms with Crippen molar-refractivity contribution >= 4 is 21.6 Å². The molecule has 1 unspecified atom stereocenters. The Bertz CT molecular complexity index is 511. The molecular weight excluding hydrogens is 296 g/mol. The number of amidine groups is 1. The number of nitrogens with two attached hydrogens (primary N) is 1. The van der Waals surface area contributed by atoms with Crippen molar-refractivity contribution < 1.29 is 18.4 Å². The standard InChI is InChI=1S/C12H22N4O4S/c13-11(14-18)9-15-4-6-16(7-5-15)12(17)10-3-1-2-8-21(10,19)20/h10,18H,1-9H2,(H2,13,14). The average Bonchev–Trinajstić information content (AvgIpc) is 2.47. The molecule has 2 aliphatic heterocycles. The summed E-state index contributed by atoms with van der Waals surface area (Å²) in [7, 11) is -3.29. The second-order valence-corrected chi connectivity index (χ2v) is 7.85. The predicted octanol–water partition coefficient (Wildman–Crippen LogP) is -1.16. The molecule has 0 saturated carbocycles. The van der Waals surface area contributed by atoms with Gasteiger partial charge in [0.15, 0.2) is 15.7 Å². The van der Waals surface area contributed by atoms with Gasteiger partial charge in [-0.05, 0) is 12.8 Å². The Labute approximate surface area is 124 Å². The molecular formula is C12H22N4O4S. The first-order chi connectivity index (χ1) is 9.94. The quantitative estimate of drug-likeness (QED) is 0.294. The lowest BCUT2D eigenvalue weighted by atomic mass is 10.1. The van der Waals surface area contributed by atoms with Crippen LogP contribution in [0.3, 0.4) is 0 Å². The van der Waals surface area contributed by atoms with Crippen molar-refractivity contribution in [2.24, 2.45) is 10.9 Å². The van der Waals surface area contributed by atoms with Crippen LogP contribution in [-0.2, 0) is 14.6 Å². The van der Waals surface area contributed by atoms with Crippen LogP contribution >= 0.6 is 0 Å². The number of hydrogen-bond acceptors (Lipinski definition) is 6. The van der Waals surface area contributed by atoms with Crippen molar-refractivity contribution in [3.63, 3.8) is 0 Å². The van der Waals surface area contributed by atoms with Gasteiger partial charge in [0.25, 0.3) is 0 Å². The molecule has 0 bridgehead atoms. The first-order valence-corrected chi connectivity index (χ1v) is 8.84. The number of sulfone groups is 1. The highest BCUT2D eigenvalue weighted by atomic mass is 32.2. The summed E-state index contributed by atoms with van der Waals surface area (Å²) in [5.41, 5.74) is 5.45. The lowest BCUT2D eigenvalue weighted by Crippen LogP contribution is -2.54. The van der Waals surface area contributed by atoms with Crippen LogP contribution in [0.25, 0.3) is 0 Å². The van der Waals surface area contributed by atoms with Crippen molar-refractivity contribution in [1.29, 1.82) is 0 Å². The fourth-order valence-electron chi connectivity index (χ4n) is 2.82. The fourth-order valence-corrected chi connectivity index (χ4v) is 4.70. The maximum atomic E-state index is 12.4. The summed E-state index contributed by atoms with van der Waals surface area (Å²) >= 11 is 0. The van der Waals surface area contributed by atoms with E-state index < -0.39 is 15.1 Å². The van der Waals surface area contributed by atoms with Gasteiger partial charge in [-0.15, -0.1) is 0 Å². The van der Waals surface area contributed by atoms with Crippen molar-refractivity contribution in [2.45, 2.75) is 24.5 Å². The SMILES string of the molecule is NC(CN1CCN(C(=O)C2CCCCS2(=O)=O)CC1)=NO. The third-order valence-corrected chi connectivity index (χ3v) is 6.21. The van der Waals surface area contributed by atoms with Crippen LogP contribution in [0.5, 0.6) is 0 Å². The molecule has 2 aliphatic rings. The van der Waals surface area contributed by atoms with Crippen LogP contribution in [0, 0.1) is 0 Å². The van der Waals surface area contributed by atoms with Gasteiger partial charge in [0.05, 0.1) is 12.3 Å². The molecule has 8 nitrogen and oxygen atoms in total. The Morgan fingerprint density at radius 2 is 1.90 bits per heavy atom. The molecule has 120 valence electrons. The highest BCUT2D eigenvalue weighted by Crippen LogP contribution is 2.22. The Balaban J connectivity index is 1.91. The monoisotopic (exact) mass is 318 g/mol. The number of carbonyl (C=O) groups is 1. The molecule has 0 aromatic carbocycles. The lowest BCUT2D eigenvalue weighted by Gasteiger charge is -2.36. The molecule has 0 aromatic heterocycles. The normalized spacial score (nSPS) is 27.5. The summed E-state index contributed by atoms with van der Waals surface area (Å²) in [6.07, 6.45) is 1.88. The van der Waals surface area contributed by atoms with E-state index in [1.54, 1.807) is 4.90 Å². The summed E-state index contributed by atoms with van der Waals surface area (Å²) in [5.74, 6) is -0.0184. The highest BCUT2D eigenvalue weighted by Gasteiger charge is 2.38. The molecule has 3 N–H and O–H groups in total. The summed E-state index contributed by atoms with van der Waals surface area (Å²) in [6, 6.07) is 0. The lowest BCUT2D eigenvalue weighted by molar-refractivity contribution is -0.132. The fraction of sp³-hybridized carbons (Fsp3) is 0.833. The van der Waals surface area contributed by atoms with Gasteiger partial charge >= 0.3 is 0 Å². The second kappa shape index (κ2) is 6.61. The Kier molecular flexibility index (Phi) is 5.04. The molecule has 0 aliphatic carbocycles. The van der Waals surface area contributed by atoms with Gasteiger partial charge in [-0.25, -0.2) is 8.42 Å². The minimum atomic E-state index is -3.29. The number of carbonyl (C=O) groups excluding carboxylic acids is 1. The van der Waals surface area contributed by atoms with Gasteiger partial charge in [-0.1, -0.05) is 11.6 Å². The maximum absolute atomic E-state index is 12.4. The van der Waals surface area contributed by atoms with Gasteiger partial charge < -0.3 is 15.8 Å². The first kappa shape index (κ1) is 16.0. The molecule has 2 saturated heterocycles. The maximum Gasteiger partial charge on any atom is 0.240 e. The van der Waals surface area contributed by atoms with E-state index in [1.165, 1.54) is 0 Å². The van der Waals surface area contributed by atoms with E-state index in [9.17, 15) is 13.2 Å². The van der Waals surface area contributed by atoms with Gasteiger partial charge in [0.1, 0.15) is 5.25 Å². The average molecular weight is 318 g/mol. The molecule has 9 heteroatoms. The Morgan fingerprint density at radius 1 is 1.24 bits per heavy atom. The number of nitrogens with zero attached hydrogens (tertiary/aromatic N) is 3. The molecule has 0 radical (unpaired) electrons. The van der Waals surface area contributed by atoms with Crippen LogP contribution in [-0.4, -0.2) is 78.9 Å². The number of piperazine rings is 1. The van der Waals surface area contributed by atoms with E-state index in [0.29, 0.717) is 45.6 Å². The van der Waals surface area contributed by atoms with Crippen LogP contribution in [0.15, 0.2) is 5.16 Å². The Morgan fingerprint density at radius 3 is 2.48 bits per heavy atom. The summed E-state index contributed by atoms with van der Waals surface area (Å²) in [5, 5.41) is 10.6. The number of hydrogen-bond donors (Lipinski definition) is 2. The van der Waals surface area contributed by atoms with E-state index in [2.05, 4.69) is 5.16 Å². The van der Waals surface area contributed by atoms with E-state index in [4.69, 9.17) is 10.9 Å². The zero-order valence-corrected chi connectivity index (χ0v) is 12.8. The van der Waals surface area contributed by atoms with E-state index in [0.717, 1.165) is 6.42 Å². The van der Waals surface area contributed by atoms with Gasteiger partial charge in [0.2, 0.25) is 5.91 Å². The van der Waals surface area contributed by atoms with E-state index in [1.807, 2.05) is 4.90 Å². The zero-order valence-electron chi connectivity index (χ0n) is 11.9. The number of rotatable bonds is 3. The third kappa shape index (κ3) is 3.85. The zero-order chi connectivity index (χ0) is 15.5.